The van der Waals surface area contributed by atoms with Crippen molar-refractivity contribution < 1.29 is 19.7 Å². The summed E-state index contributed by atoms with van der Waals surface area (Å²) in [6, 6.07) is 0. The zero-order valence-corrected chi connectivity index (χ0v) is 9.89. The molecule has 4 nitrogen and oxygen atoms in total. The highest BCUT2D eigenvalue weighted by Gasteiger charge is 2.23. The molecular weight excluding hydrogens is 208 g/mol. The third-order valence-corrected chi connectivity index (χ3v) is 3.26. The van der Waals surface area contributed by atoms with Crippen molar-refractivity contribution in [1.82, 2.24) is 0 Å². The molecule has 1 rings (SSSR count). The zero-order chi connectivity index (χ0) is 12.0. The normalized spacial score (nSPS) is 27.6. The van der Waals surface area contributed by atoms with Gasteiger partial charge >= 0.3 is 5.97 Å². The van der Waals surface area contributed by atoms with Crippen LogP contribution in [0, 0.1) is 5.92 Å². The highest BCUT2D eigenvalue weighted by molar-refractivity contribution is 5.66. The fourth-order valence-corrected chi connectivity index (χ4v) is 2.20. The van der Waals surface area contributed by atoms with Gasteiger partial charge in [-0.3, -0.25) is 4.79 Å². The zero-order valence-electron chi connectivity index (χ0n) is 9.89. The van der Waals surface area contributed by atoms with Crippen LogP contribution in [0.2, 0.25) is 0 Å². The maximum absolute atomic E-state index is 10.4. The number of hydrogen-bond acceptors (Lipinski definition) is 3. The van der Waals surface area contributed by atoms with Gasteiger partial charge in [0.1, 0.15) is 0 Å². The molecule has 1 unspecified atom stereocenters. The maximum Gasteiger partial charge on any atom is 0.303 e. The van der Waals surface area contributed by atoms with Gasteiger partial charge in [-0.25, -0.2) is 0 Å². The van der Waals surface area contributed by atoms with E-state index in [1.165, 1.54) is 0 Å². The third kappa shape index (κ3) is 4.94. The van der Waals surface area contributed by atoms with Crippen molar-refractivity contribution in [3.63, 3.8) is 0 Å². The molecule has 0 saturated heterocycles. The van der Waals surface area contributed by atoms with Crippen molar-refractivity contribution in [2.24, 2.45) is 5.92 Å². The number of rotatable bonds is 6. The number of aliphatic hydroxyl groups is 1. The minimum atomic E-state index is -0.709. The van der Waals surface area contributed by atoms with Gasteiger partial charge in [-0.1, -0.05) is 6.92 Å². The van der Waals surface area contributed by atoms with Crippen LogP contribution >= 0.6 is 0 Å². The molecule has 0 aromatic carbocycles. The van der Waals surface area contributed by atoms with Gasteiger partial charge in [-0.05, 0) is 44.4 Å². The minimum Gasteiger partial charge on any atom is -0.481 e. The summed E-state index contributed by atoms with van der Waals surface area (Å²) < 4.78 is 5.45. The molecule has 0 aliphatic heterocycles. The van der Waals surface area contributed by atoms with E-state index < -0.39 is 12.3 Å². The SMILES string of the molecule is CCC(O)OC1CCC(CCC(=O)O)CC1. The molecule has 0 aromatic rings. The van der Waals surface area contributed by atoms with Gasteiger partial charge < -0.3 is 14.9 Å². The van der Waals surface area contributed by atoms with Crippen LogP contribution in [0.1, 0.15) is 51.9 Å². The molecule has 2 N–H and O–H groups in total. The fourth-order valence-electron chi connectivity index (χ4n) is 2.20. The predicted octanol–water partition coefficient (Wildman–Crippen LogP) is 2.16. The van der Waals surface area contributed by atoms with Crippen LogP contribution in [0.5, 0.6) is 0 Å². The van der Waals surface area contributed by atoms with Gasteiger partial charge in [0.15, 0.2) is 6.29 Å². The van der Waals surface area contributed by atoms with E-state index in [1.807, 2.05) is 6.92 Å². The molecule has 4 heteroatoms. The van der Waals surface area contributed by atoms with Crippen LogP contribution in [-0.4, -0.2) is 28.6 Å². The molecule has 0 heterocycles. The van der Waals surface area contributed by atoms with Crippen LogP contribution in [0.25, 0.3) is 0 Å². The highest BCUT2D eigenvalue weighted by Crippen LogP contribution is 2.29. The van der Waals surface area contributed by atoms with E-state index in [0.29, 0.717) is 12.3 Å². The van der Waals surface area contributed by atoms with Crippen LogP contribution in [0.4, 0.5) is 0 Å². The monoisotopic (exact) mass is 230 g/mol. The van der Waals surface area contributed by atoms with Crippen molar-refractivity contribution in [3.8, 4) is 0 Å². The summed E-state index contributed by atoms with van der Waals surface area (Å²) >= 11 is 0. The number of hydrogen-bond donors (Lipinski definition) is 2. The molecule has 0 aromatic heterocycles. The second kappa shape index (κ2) is 6.86. The lowest BCUT2D eigenvalue weighted by atomic mass is 9.84. The van der Waals surface area contributed by atoms with E-state index >= 15 is 0 Å². The Morgan fingerprint density at radius 3 is 2.50 bits per heavy atom. The molecule has 0 amide bonds. The lowest BCUT2D eigenvalue weighted by Gasteiger charge is -2.29. The van der Waals surface area contributed by atoms with Crippen LogP contribution in [-0.2, 0) is 9.53 Å². The largest absolute Gasteiger partial charge is 0.481 e. The second-order valence-corrected chi connectivity index (χ2v) is 4.57. The first-order valence-electron chi connectivity index (χ1n) is 6.17. The first-order valence-corrected chi connectivity index (χ1v) is 6.17. The van der Waals surface area contributed by atoms with Crippen molar-refractivity contribution in [2.45, 2.75) is 64.3 Å². The van der Waals surface area contributed by atoms with Crippen molar-refractivity contribution >= 4 is 5.97 Å². The summed E-state index contributed by atoms with van der Waals surface area (Å²) in [5.41, 5.74) is 0. The quantitative estimate of drug-likeness (QED) is 0.686. The summed E-state index contributed by atoms with van der Waals surface area (Å²) in [6.45, 7) is 1.89. The average Bonchev–Trinajstić information content (AvgIpc) is 2.28. The topological polar surface area (TPSA) is 66.8 Å². The molecule has 0 bridgehead atoms. The van der Waals surface area contributed by atoms with Gasteiger partial charge in [0.25, 0.3) is 0 Å². The summed E-state index contributed by atoms with van der Waals surface area (Å²) in [4.78, 5) is 10.4. The Balaban J connectivity index is 2.15. The molecule has 1 atom stereocenters. The molecule has 1 fully saturated rings. The van der Waals surface area contributed by atoms with Gasteiger partial charge in [0.05, 0.1) is 6.10 Å². The predicted molar refractivity (Wildman–Crippen MR) is 60.0 cm³/mol. The highest BCUT2D eigenvalue weighted by atomic mass is 16.6. The van der Waals surface area contributed by atoms with E-state index in [0.717, 1.165) is 32.1 Å². The summed E-state index contributed by atoms with van der Waals surface area (Å²) in [6.07, 6.45) is 5.13. The third-order valence-electron chi connectivity index (χ3n) is 3.26. The Kier molecular flexibility index (Phi) is 5.77. The number of aliphatic hydroxyl groups excluding tert-OH is 1. The number of ether oxygens (including phenoxy) is 1. The number of aliphatic carboxylic acids is 1. The van der Waals surface area contributed by atoms with Crippen LogP contribution < -0.4 is 0 Å². The molecule has 0 spiro atoms. The molecule has 1 aliphatic carbocycles. The van der Waals surface area contributed by atoms with E-state index in [1.54, 1.807) is 0 Å². The van der Waals surface area contributed by atoms with Crippen molar-refractivity contribution in [1.29, 1.82) is 0 Å². The van der Waals surface area contributed by atoms with Gasteiger partial charge in [0.2, 0.25) is 0 Å². The van der Waals surface area contributed by atoms with E-state index in [9.17, 15) is 9.90 Å². The van der Waals surface area contributed by atoms with Gasteiger partial charge in [-0.15, -0.1) is 0 Å². The Bertz CT molecular complexity index is 209. The lowest BCUT2D eigenvalue weighted by molar-refractivity contribution is -0.147. The molecule has 94 valence electrons. The Hall–Kier alpha value is -0.610. The van der Waals surface area contributed by atoms with Crippen LogP contribution in [0.3, 0.4) is 0 Å². The van der Waals surface area contributed by atoms with E-state index in [-0.39, 0.29) is 12.5 Å². The standard InChI is InChI=1S/C12H22O4/c1-2-12(15)16-10-6-3-9(4-7-10)5-8-11(13)14/h9-10,12,15H,2-8H2,1H3,(H,13,14). The van der Waals surface area contributed by atoms with Crippen molar-refractivity contribution in [2.75, 3.05) is 0 Å². The van der Waals surface area contributed by atoms with Gasteiger partial charge in [0, 0.05) is 6.42 Å². The number of carbonyl (C=O) groups is 1. The second-order valence-electron chi connectivity index (χ2n) is 4.57. The first-order chi connectivity index (χ1) is 7.61. The fraction of sp³-hybridized carbons (Fsp3) is 0.917. The molecule has 0 radical (unpaired) electrons. The Morgan fingerprint density at radius 2 is 2.00 bits per heavy atom. The first kappa shape index (κ1) is 13.5. The summed E-state index contributed by atoms with van der Waals surface area (Å²) in [5.74, 6) is -0.186. The van der Waals surface area contributed by atoms with Gasteiger partial charge in [-0.2, -0.15) is 0 Å². The molecular formula is C12H22O4. The van der Waals surface area contributed by atoms with Crippen molar-refractivity contribution in [3.05, 3.63) is 0 Å². The maximum atomic E-state index is 10.4. The molecule has 1 aliphatic rings. The molecule has 1 saturated carbocycles. The van der Waals surface area contributed by atoms with E-state index in [2.05, 4.69) is 0 Å². The smallest absolute Gasteiger partial charge is 0.303 e. The number of carboxylic acid groups (broad SMARTS) is 1. The lowest BCUT2D eigenvalue weighted by Crippen LogP contribution is -2.26. The Labute approximate surface area is 96.6 Å². The summed E-state index contributed by atoms with van der Waals surface area (Å²) in [5, 5.41) is 17.9. The average molecular weight is 230 g/mol. The molecule has 16 heavy (non-hydrogen) atoms. The minimum absolute atomic E-state index is 0.163. The van der Waals surface area contributed by atoms with Crippen LogP contribution in [0.15, 0.2) is 0 Å². The summed E-state index contributed by atoms with van der Waals surface area (Å²) in [7, 11) is 0. The number of carboxylic acids is 1. The van der Waals surface area contributed by atoms with E-state index in [4.69, 9.17) is 9.84 Å². The Morgan fingerprint density at radius 1 is 1.38 bits per heavy atom.